The van der Waals surface area contributed by atoms with Crippen molar-refractivity contribution in [1.29, 1.82) is 0 Å². The summed E-state index contributed by atoms with van der Waals surface area (Å²) in [5, 5.41) is 17.5. The van der Waals surface area contributed by atoms with Crippen LogP contribution in [0.15, 0.2) is 42.5 Å². The molecule has 312 valence electrons. The summed E-state index contributed by atoms with van der Waals surface area (Å²) in [5.74, 6) is -1.28. The number of aromatic nitrogens is 4. The van der Waals surface area contributed by atoms with Crippen molar-refractivity contribution in [2.45, 2.75) is 53.5 Å². The van der Waals surface area contributed by atoms with E-state index in [0.717, 1.165) is 50.1 Å². The van der Waals surface area contributed by atoms with Crippen LogP contribution in [0, 0.1) is 27.7 Å². The molecule has 2 aliphatic heterocycles. The lowest BCUT2D eigenvalue weighted by Crippen LogP contribution is -2.50. The summed E-state index contributed by atoms with van der Waals surface area (Å²) in [6.45, 7) is 11.1. The maximum absolute atomic E-state index is 15.5. The van der Waals surface area contributed by atoms with Crippen molar-refractivity contribution in [2.75, 3.05) is 44.7 Å². The molecule has 6 aromatic rings. The molecule has 1 N–H and O–H groups in total. The number of aromatic carboxylic acids is 1. The molecule has 1 atom stereocenters. The van der Waals surface area contributed by atoms with Gasteiger partial charge in [-0.15, -0.1) is 0 Å². The molecule has 0 aliphatic carbocycles. The Hall–Kier alpha value is -5.79. The Morgan fingerprint density at radius 2 is 1.65 bits per heavy atom. The molecule has 3 aromatic heterocycles. The van der Waals surface area contributed by atoms with Crippen molar-refractivity contribution in [3.05, 3.63) is 97.5 Å². The first-order chi connectivity index (χ1) is 28.5. The Balaban J connectivity index is 1.29. The molecule has 2 aliphatic rings. The third kappa shape index (κ3) is 6.68. The predicted molar refractivity (Wildman–Crippen MR) is 233 cm³/mol. The van der Waals surface area contributed by atoms with E-state index in [-0.39, 0.29) is 48.1 Å². The van der Waals surface area contributed by atoms with Crippen LogP contribution < -0.4 is 9.64 Å². The molecule has 1 fully saturated rings. The van der Waals surface area contributed by atoms with Crippen molar-refractivity contribution in [1.82, 2.24) is 28.7 Å². The number of carbonyl (C=O) groups is 4. The monoisotopic (exact) mass is 851 g/mol. The first kappa shape index (κ1) is 41.0. The molecule has 0 spiro atoms. The van der Waals surface area contributed by atoms with Gasteiger partial charge < -0.3 is 33.7 Å². The number of benzene rings is 3. The SMILES string of the molecule is Cc1cc(OCCCc2c3n(c4c(-c5c(C)nn(C)c5C)c(Cl)ccc24)[C@H](C)CN(c2cc(C(=O)N4CCN(C)C(=O)C4)cc4cc(C(=O)O)n(C)c24)C3=O)cc(C)c1Cl. The maximum atomic E-state index is 15.5. The minimum absolute atomic E-state index is 0.00509. The Labute approximate surface area is 357 Å². The van der Waals surface area contributed by atoms with Gasteiger partial charge in [-0.2, -0.15) is 5.10 Å². The van der Waals surface area contributed by atoms with E-state index in [1.165, 1.54) is 11.0 Å². The van der Waals surface area contributed by atoms with Gasteiger partial charge in [0, 0.05) is 85.0 Å². The van der Waals surface area contributed by atoms with Gasteiger partial charge in [-0.05, 0) is 101 Å². The number of carbonyl (C=O) groups excluding carboxylic acids is 3. The lowest BCUT2D eigenvalue weighted by Gasteiger charge is -2.35. The molecule has 0 radical (unpaired) electrons. The molecular formula is C45H47Cl2N7O6. The largest absolute Gasteiger partial charge is 0.494 e. The first-order valence-corrected chi connectivity index (χ1v) is 20.7. The summed E-state index contributed by atoms with van der Waals surface area (Å²) in [4.78, 5) is 59.5. The van der Waals surface area contributed by atoms with Gasteiger partial charge >= 0.3 is 5.97 Å². The maximum Gasteiger partial charge on any atom is 0.352 e. The highest BCUT2D eigenvalue weighted by Gasteiger charge is 2.38. The van der Waals surface area contributed by atoms with Crippen LogP contribution in [0.25, 0.3) is 32.9 Å². The van der Waals surface area contributed by atoms with E-state index in [4.69, 9.17) is 33.0 Å². The minimum Gasteiger partial charge on any atom is -0.494 e. The summed E-state index contributed by atoms with van der Waals surface area (Å²) in [5.41, 5.74) is 8.59. The van der Waals surface area contributed by atoms with E-state index < -0.39 is 5.97 Å². The number of halogens is 2. The highest BCUT2D eigenvalue weighted by molar-refractivity contribution is 6.35. The van der Waals surface area contributed by atoms with Crippen LogP contribution in [0.4, 0.5) is 5.69 Å². The third-order valence-corrected chi connectivity index (χ3v) is 13.1. The number of ether oxygens (including phenoxy) is 1. The Morgan fingerprint density at radius 1 is 0.933 bits per heavy atom. The van der Waals surface area contributed by atoms with Crippen molar-refractivity contribution >= 4 is 74.4 Å². The molecule has 0 unspecified atom stereocenters. The zero-order valence-corrected chi connectivity index (χ0v) is 36.5. The Kier molecular flexibility index (Phi) is 10.5. The molecule has 0 bridgehead atoms. The van der Waals surface area contributed by atoms with E-state index >= 15 is 4.79 Å². The highest BCUT2D eigenvalue weighted by atomic mass is 35.5. The van der Waals surface area contributed by atoms with Crippen LogP contribution in [-0.2, 0) is 25.3 Å². The van der Waals surface area contributed by atoms with Gasteiger partial charge in [0.2, 0.25) is 5.91 Å². The van der Waals surface area contributed by atoms with Gasteiger partial charge in [-0.25, -0.2) is 4.79 Å². The van der Waals surface area contributed by atoms with Crippen LogP contribution in [0.2, 0.25) is 10.0 Å². The number of piperazine rings is 1. The number of anilines is 1. The molecule has 0 saturated carbocycles. The second kappa shape index (κ2) is 15.3. The van der Waals surface area contributed by atoms with Crippen LogP contribution in [-0.4, -0.2) is 97.3 Å². The van der Waals surface area contributed by atoms with E-state index in [1.54, 1.807) is 40.6 Å². The molecule has 3 amide bonds. The second-order valence-corrected chi connectivity index (χ2v) is 16.9. The summed E-state index contributed by atoms with van der Waals surface area (Å²) in [6, 6.07) is 12.2. The van der Waals surface area contributed by atoms with E-state index in [9.17, 15) is 19.5 Å². The minimum atomic E-state index is -1.14. The molecule has 60 heavy (non-hydrogen) atoms. The number of nitrogens with zero attached hydrogens (tertiary/aromatic N) is 7. The summed E-state index contributed by atoms with van der Waals surface area (Å²) < 4.78 is 11.7. The van der Waals surface area contributed by atoms with Crippen molar-refractivity contribution in [3.8, 4) is 16.9 Å². The first-order valence-electron chi connectivity index (χ1n) is 20.0. The molecule has 5 heterocycles. The van der Waals surface area contributed by atoms with Crippen LogP contribution in [0.5, 0.6) is 5.75 Å². The number of aryl methyl sites for hydroxylation is 6. The van der Waals surface area contributed by atoms with Gasteiger partial charge in [-0.1, -0.05) is 29.3 Å². The zero-order chi connectivity index (χ0) is 43.1. The number of carboxylic acids is 1. The highest BCUT2D eigenvalue weighted by Crippen LogP contribution is 2.46. The number of carboxylic acid groups (broad SMARTS) is 1. The van der Waals surface area contributed by atoms with Crippen LogP contribution >= 0.6 is 23.2 Å². The molecule has 8 rings (SSSR count). The molecule has 3 aromatic carbocycles. The average molecular weight is 853 g/mol. The van der Waals surface area contributed by atoms with Crippen LogP contribution in [0.3, 0.4) is 0 Å². The standard InChI is InChI=1S/C45H47Cl2N7O6/c1-23-16-30(17-24(2)39(23)47)60-15-9-10-31-32-11-12-33(46)38(37-26(4)48-51(8)27(37)5)41(32)54-25(3)21-53(44(57)42(31)54)34-20-29(43(56)52-14-13-49(6)36(55)22-52)18-28-19-35(45(58)59)50(7)40(28)34/h11-12,16-20,25H,9-10,13-15,21-22H2,1-8H3,(H,58,59)/t25-/m1/s1. The fourth-order valence-electron chi connectivity index (χ4n) is 9.07. The topological polar surface area (TPSA) is 135 Å². The summed E-state index contributed by atoms with van der Waals surface area (Å²) in [6.07, 6.45) is 1.07. The Bertz CT molecular complexity index is 2790. The van der Waals surface area contributed by atoms with Gasteiger partial charge in [-0.3, -0.25) is 19.1 Å². The normalized spacial score (nSPS) is 15.8. The number of hydrogen-bond acceptors (Lipinski definition) is 6. The van der Waals surface area contributed by atoms with Crippen LogP contribution in [0.1, 0.15) is 78.8 Å². The molecule has 1 saturated heterocycles. The number of rotatable bonds is 9. The van der Waals surface area contributed by atoms with Gasteiger partial charge in [0.1, 0.15) is 23.7 Å². The second-order valence-electron chi connectivity index (χ2n) is 16.1. The lowest BCUT2D eigenvalue weighted by molar-refractivity contribution is -0.133. The van der Waals surface area contributed by atoms with Crippen molar-refractivity contribution in [3.63, 3.8) is 0 Å². The number of likely N-dealkylation sites (N-methyl/N-ethyl adjacent to an activating group) is 1. The summed E-state index contributed by atoms with van der Waals surface area (Å²) >= 11 is 13.6. The number of amides is 3. The molecule has 15 heteroatoms. The van der Waals surface area contributed by atoms with Crippen molar-refractivity contribution < 1.29 is 29.0 Å². The van der Waals surface area contributed by atoms with E-state index in [2.05, 4.69) is 4.57 Å². The number of fused-ring (bicyclic) bond motifs is 4. The zero-order valence-electron chi connectivity index (χ0n) is 34.9. The van der Waals surface area contributed by atoms with Gasteiger partial charge in [0.05, 0.1) is 34.0 Å². The van der Waals surface area contributed by atoms with E-state index in [0.29, 0.717) is 70.6 Å². The quantitative estimate of drug-likeness (QED) is 0.146. The average Bonchev–Trinajstić information content (AvgIpc) is 3.81. The fraction of sp³-hybridized carbons (Fsp3) is 0.356. The van der Waals surface area contributed by atoms with Gasteiger partial charge in [0.15, 0.2) is 0 Å². The number of hydrogen-bond donors (Lipinski definition) is 1. The summed E-state index contributed by atoms with van der Waals surface area (Å²) in [7, 11) is 5.24. The van der Waals surface area contributed by atoms with Crippen molar-refractivity contribution in [2.24, 2.45) is 14.1 Å². The lowest BCUT2D eigenvalue weighted by atomic mass is 9.98. The molecule has 13 nitrogen and oxygen atoms in total. The molecular weight excluding hydrogens is 805 g/mol. The fourth-order valence-corrected chi connectivity index (χ4v) is 9.42. The predicted octanol–water partition coefficient (Wildman–Crippen LogP) is 7.92. The van der Waals surface area contributed by atoms with E-state index in [1.807, 2.05) is 70.6 Å². The Morgan fingerprint density at radius 3 is 2.30 bits per heavy atom. The third-order valence-electron chi connectivity index (χ3n) is 12.2. The van der Waals surface area contributed by atoms with Gasteiger partial charge in [0.25, 0.3) is 11.8 Å². The smallest absolute Gasteiger partial charge is 0.352 e.